The third-order valence-electron chi connectivity index (χ3n) is 13.5. The number of benzene rings is 6. The lowest BCUT2D eigenvalue weighted by Crippen LogP contribution is -2.61. The minimum Gasteiger partial charge on any atom is -0.440 e. The summed E-state index contributed by atoms with van der Waals surface area (Å²) in [5, 5.41) is 1.16. The molecule has 0 radical (unpaired) electrons. The Hall–Kier alpha value is -5.48. The zero-order chi connectivity index (χ0) is 44.5. The van der Waals surface area contributed by atoms with Crippen LogP contribution >= 0.6 is 0 Å². The highest BCUT2D eigenvalue weighted by Crippen LogP contribution is 2.50. The molecule has 9 rings (SSSR count). The van der Waals surface area contributed by atoms with Crippen LogP contribution in [0.2, 0.25) is 0 Å². The van der Waals surface area contributed by atoms with Crippen molar-refractivity contribution in [3.8, 4) is 11.1 Å². The Balaban J connectivity index is 1.42. The molecule has 0 unspecified atom stereocenters. The molecular formula is C58H65BN2O. The molecular weight excluding hydrogens is 751 g/mol. The highest BCUT2D eigenvalue weighted by molar-refractivity contribution is 7.01. The molecule has 3 nitrogen and oxygen atoms in total. The predicted octanol–water partition coefficient (Wildman–Crippen LogP) is 14.7. The molecule has 0 atom stereocenters. The quantitative estimate of drug-likeness (QED) is 0.166. The van der Waals surface area contributed by atoms with E-state index in [1.54, 1.807) is 0 Å². The number of nitrogens with zero attached hydrogens (tertiary/aromatic N) is 2. The van der Waals surface area contributed by atoms with Crippen LogP contribution in [-0.4, -0.2) is 6.71 Å². The SMILES string of the molecule is CC(C)(C)c1ccc(-c2cc(C(C)(C)C)ccc2N2c3ccc(C(C)(C)C)cc3B3c4c2cc(C(C)(C)C)cc4N(c2ccc(C(C)(C)C)cc2)c2oc4ccccc4c23)cc1. The van der Waals surface area contributed by atoms with Crippen LogP contribution in [0.3, 0.4) is 0 Å². The van der Waals surface area contributed by atoms with Gasteiger partial charge in [-0.2, -0.15) is 0 Å². The Labute approximate surface area is 372 Å². The average molecular weight is 817 g/mol. The zero-order valence-corrected chi connectivity index (χ0v) is 39.9. The highest BCUT2D eigenvalue weighted by atomic mass is 16.4. The van der Waals surface area contributed by atoms with E-state index >= 15 is 0 Å². The van der Waals surface area contributed by atoms with Gasteiger partial charge in [0.1, 0.15) is 5.58 Å². The van der Waals surface area contributed by atoms with Gasteiger partial charge in [-0.05, 0) is 120 Å². The smallest absolute Gasteiger partial charge is 0.257 e. The number of furan rings is 1. The summed E-state index contributed by atoms with van der Waals surface area (Å²) in [6.07, 6.45) is 0. The Bertz CT molecular complexity index is 2860. The highest BCUT2D eigenvalue weighted by Gasteiger charge is 2.47. The van der Waals surface area contributed by atoms with Gasteiger partial charge in [-0.3, -0.25) is 4.90 Å². The first-order chi connectivity index (χ1) is 28.9. The first-order valence-corrected chi connectivity index (χ1v) is 22.7. The van der Waals surface area contributed by atoms with Crippen LogP contribution < -0.4 is 26.2 Å². The molecule has 3 heterocycles. The van der Waals surface area contributed by atoms with Crippen molar-refractivity contribution in [2.24, 2.45) is 0 Å². The van der Waals surface area contributed by atoms with Gasteiger partial charge in [-0.25, -0.2) is 0 Å². The molecule has 62 heavy (non-hydrogen) atoms. The van der Waals surface area contributed by atoms with E-state index in [0.717, 1.165) is 22.5 Å². The van der Waals surface area contributed by atoms with E-state index in [1.165, 1.54) is 78.1 Å². The summed E-state index contributed by atoms with van der Waals surface area (Å²) in [5.41, 5.74) is 19.5. The number of rotatable bonds is 3. The van der Waals surface area contributed by atoms with Gasteiger partial charge in [0.25, 0.3) is 6.71 Å². The molecule has 4 heteroatoms. The van der Waals surface area contributed by atoms with Crippen LogP contribution in [-0.2, 0) is 27.1 Å². The summed E-state index contributed by atoms with van der Waals surface area (Å²) >= 11 is 0. The number of para-hydroxylation sites is 1. The lowest BCUT2D eigenvalue weighted by molar-refractivity contribution is 0.589. The van der Waals surface area contributed by atoms with Crippen molar-refractivity contribution in [3.63, 3.8) is 0 Å². The van der Waals surface area contributed by atoms with Gasteiger partial charge in [-0.1, -0.05) is 177 Å². The zero-order valence-electron chi connectivity index (χ0n) is 39.9. The average Bonchev–Trinajstić information content (AvgIpc) is 3.58. The Kier molecular flexibility index (Phi) is 9.46. The standard InChI is InChI=1S/C58H65BN2O/c1-54(2,3)37-22-20-36(21-23-37)44-32-39(56(7,8)9)26-30-46(44)61-47-31-27-40(57(10,11)12)33-45(47)59-51-43-18-16-17-19-50(43)62-53(51)60(42-28-24-38(25-29-42)55(4,5)6)48-34-41(58(13,14)15)35-49(61)52(48)59/h16-35H,1-15H3. The van der Waals surface area contributed by atoms with E-state index in [2.05, 4.69) is 235 Å². The third-order valence-corrected chi connectivity index (χ3v) is 13.5. The van der Waals surface area contributed by atoms with Crippen molar-refractivity contribution >= 4 is 68.4 Å². The molecule has 0 saturated heterocycles. The molecule has 0 saturated carbocycles. The van der Waals surface area contributed by atoms with Gasteiger partial charge in [0.05, 0.1) is 5.69 Å². The van der Waals surface area contributed by atoms with Crippen molar-refractivity contribution in [2.45, 2.75) is 131 Å². The number of fused-ring (bicyclic) bond motifs is 6. The van der Waals surface area contributed by atoms with E-state index in [1.807, 2.05) is 0 Å². The second-order valence-corrected chi connectivity index (χ2v) is 23.2. The minimum atomic E-state index is -0.138. The molecule has 0 amide bonds. The summed E-state index contributed by atoms with van der Waals surface area (Å²) in [7, 11) is 0. The monoisotopic (exact) mass is 817 g/mol. The van der Waals surface area contributed by atoms with Crippen LogP contribution in [0.15, 0.2) is 126 Å². The van der Waals surface area contributed by atoms with Crippen LogP contribution in [0.4, 0.5) is 34.3 Å². The number of anilines is 6. The molecule has 0 N–H and O–H groups in total. The van der Waals surface area contributed by atoms with Gasteiger partial charge < -0.3 is 9.32 Å². The van der Waals surface area contributed by atoms with E-state index in [9.17, 15) is 0 Å². The van der Waals surface area contributed by atoms with Crippen LogP contribution in [0, 0.1) is 0 Å². The van der Waals surface area contributed by atoms with Gasteiger partial charge in [0, 0.05) is 39.2 Å². The van der Waals surface area contributed by atoms with Crippen LogP contribution in [0.5, 0.6) is 0 Å². The van der Waals surface area contributed by atoms with E-state index in [0.29, 0.717) is 0 Å². The summed E-state index contributed by atoms with van der Waals surface area (Å²) in [5.74, 6) is 0.902. The van der Waals surface area contributed by atoms with Crippen LogP contribution in [0.25, 0.3) is 22.1 Å². The summed E-state index contributed by atoms with van der Waals surface area (Å²) < 4.78 is 7.13. The molecule has 0 bridgehead atoms. The molecule has 1 aromatic heterocycles. The van der Waals surface area contributed by atoms with Gasteiger partial charge in [0.15, 0.2) is 0 Å². The lowest BCUT2D eigenvalue weighted by atomic mass is 9.33. The maximum Gasteiger partial charge on any atom is 0.257 e. The van der Waals surface area contributed by atoms with Crippen LogP contribution in [0.1, 0.15) is 132 Å². The lowest BCUT2D eigenvalue weighted by Gasteiger charge is -2.44. The van der Waals surface area contributed by atoms with E-state index in [4.69, 9.17) is 4.42 Å². The molecule has 0 aliphatic carbocycles. The fourth-order valence-corrected chi connectivity index (χ4v) is 9.57. The fraction of sp³-hybridized carbons (Fsp3) is 0.345. The third kappa shape index (κ3) is 6.99. The fourth-order valence-electron chi connectivity index (χ4n) is 9.57. The second-order valence-electron chi connectivity index (χ2n) is 23.2. The molecule has 2 aliphatic heterocycles. The first kappa shape index (κ1) is 41.9. The number of hydrogen-bond donors (Lipinski definition) is 0. The largest absolute Gasteiger partial charge is 0.440 e. The predicted molar refractivity (Wildman–Crippen MR) is 269 cm³/mol. The van der Waals surface area contributed by atoms with Gasteiger partial charge >= 0.3 is 0 Å². The molecule has 316 valence electrons. The summed E-state index contributed by atoms with van der Waals surface area (Å²) in [6.45, 7) is 34.7. The summed E-state index contributed by atoms with van der Waals surface area (Å²) in [6, 6.07) is 46.7. The van der Waals surface area contributed by atoms with Gasteiger partial charge in [-0.15, -0.1) is 0 Å². The normalized spacial score (nSPS) is 14.3. The van der Waals surface area contributed by atoms with Crippen molar-refractivity contribution in [3.05, 3.63) is 149 Å². The topological polar surface area (TPSA) is 19.6 Å². The Morgan fingerprint density at radius 1 is 0.403 bits per heavy atom. The maximum atomic E-state index is 7.13. The molecule has 6 aromatic carbocycles. The maximum absolute atomic E-state index is 7.13. The van der Waals surface area contributed by atoms with Crippen molar-refractivity contribution in [2.75, 3.05) is 9.80 Å². The first-order valence-electron chi connectivity index (χ1n) is 22.7. The van der Waals surface area contributed by atoms with Gasteiger partial charge in [0.2, 0.25) is 5.88 Å². The molecule has 2 aliphatic rings. The van der Waals surface area contributed by atoms with E-state index < -0.39 is 0 Å². The van der Waals surface area contributed by atoms with Crippen molar-refractivity contribution in [1.82, 2.24) is 0 Å². The molecule has 0 fully saturated rings. The van der Waals surface area contributed by atoms with Crippen molar-refractivity contribution < 1.29 is 4.42 Å². The summed E-state index contributed by atoms with van der Waals surface area (Å²) in [4.78, 5) is 5.04. The Morgan fingerprint density at radius 3 is 1.45 bits per heavy atom. The van der Waals surface area contributed by atoms with Crippen molar-refractivity contribution in [1.29, 1.82) is 0 Å². The Morgan fingerprint density at radius 2 is 0.887 bits per heavy atom. The molecule has 0 spiro atoms. The number of hydrogen-bond acceptors (Lipinski definition) is 3. The molecule has 7 aromatic rings. The minimum absolute atomic E-state index is 0.0295. The van der Waals surface area contributed by atoms with E-state index in [-0.39, 0.29) is 33.8 Å². The second kappa shape index (κ2) is 14.0.